The minimum Gasteiger partial charge on any atom is -0.377 e. The SMILES string of the molecule is CN1CCN(c2cc(-c3n[nH]c4cc(F)c(-c5cnn(C)c5)cc34)ncn2)C[C@H]1O. The molecule has 1 saturated heterocycles. The Kier molecular flexibility index (Phi) is 4.44. The Morgan fingerprint density at radius 2 is 2.03 bits per heavy atom. The van der Waals surface area contributed by atoms with Crippen LogP contribution in [-0.2, 0) is 7.05 Å². The number of rotatable bonds is 3. The van der Waals surface area contributed by atoms with Gasteiger partial charge in [-0.25, -0.2) is 14.4 Å². The Hall–Kier alpha value is -3.37. The molecule has 1 aromatic carbocycles. The second-order valence-electron chi connectivity index (χ2n) is 7.52. The molecule has 4 aromatic rings. The maximum Gasteiger partial charge on any atom is 0.133 e. The number of H-pyrrole nitrogens is 1. The number of β-amino-alcohol motifs (C(OH)–C–C–N with tert-alkyl or cyclic N) is 1. The predicted molar refractivity (Wildman–Crippen MR) is 110 cm³/mol. The zero-order chi connectivity index (χ0) is 20.8. The van der Waals surface area contributed by atoms with Crippen LogP contribution in [-0.4, -0.2) is 72.9 Å². The number of hydrogen-bond acceptors (Lipinski definition) is 7. The lowest BCUT2D eigenvalue weighted by atomic mass is 10.0. The topological polar surface area (TPSA) is 99.0 Å². The first-order valence-electron chi connectivity index (χ1n) is 9.62. The third kappa shape index (κ3) is 3.19. The van der Waals surface area contributed by atoms with Gasteiger partial charge in [0.25, 0.3) is 0 Å². The molecule has 0 radical (unpaired) electrons. The quantitative estimate of drug-likeness (QED) is 0.532. The maximum atomic E-state index is 14.7. The average molecular weight is 408 g/mol. The number of piperazine rings is 1. The van der Waals surface area contributed by atoms with Crippen LogP contribution in [0.25, 0.3) is 33.4 Å². The summed E-state index contributed by atoms with van der Waals surface area (Å²) in [7, 11) is 3.68. The third-order valence-electron chi connectivity index (χ3n) is 5.50. The molecule has 1 fully saturated rings. The lowest BCUT2D eigenvalue weighted by Gasteiger charge is -2.37. The number of anilines is 1. The first kappa shape index (κ1) is 18.6. The van der Waals surface area contributed by atoms with E-state index >= 15 is 0 Å². The number of aliphatic hydroxyl groups excluding tert-OH is 1. The van der Waals surface area contributed by atoms with Crippen LogP contribution in [0.3, 0.4) is 0 Å². The average Bonchev–Trinajstić information content (AvgIpc) is 3.35. The van der Waals surface area contributed by atoms with E-state index in [9.17, 15) is 9.50 Å². The maximum absolute atomic E-state index is 14.7. The zero-order valence-corrected chi connectivity index (χ0v) is 16.6. The first-order valence-corrected chi connectivity index (χ1v) is 9.62. The fourth-order valence-corrected chi connectivity index (χ4v) is 3.73. The summed E-state index contributed by atoms with van der Waals surface area (Å²) in [6, 6.07) is 5.05. The highest BCUT2D eigenvalue weighted by atomic mass is 19.1. The van der Waals surface area contributed by atoms with Crippen molar-refractivity contribution in [3.05, 3.63) is 42.7 Å². The van der Waals surface area contributed by atoms with E-state index in [1.807, 2.05) is 22.9 Å². The summed E-state index contributed by atoms with van der Waals surface area (Å²) in [4.78, 5) is 12.7. The summed E-state index contributed by atoms with van der Waals surface area (Å²) in [6.07, 6.45) is 4.34. The van der Waals surface area contributed by atoms with Crippen molar-refractivity contribution in [3.63, 3.8) is 0 Å². The molecule has 30 heavy (non-hydrogen) atoms. The molecule has 5 rings (SSSR count). The zero-order valence-electron chi connectivity index (χ0n) is 16.6. The summed E-state index contributed by atoms with van der Waals surface area (Å²) in [5.41, 5.74) is 2.98. The van der Waals surface area contributed by atoms with E-state index in [1.165, 1.54) is 12.4 Å². The van der Waals surface area contributed by atoms with Crippen molar-refractivity contribution in [2.45, 2.75) is 6.23 Å². The van der Waals surface area contributed by atoms with E-state index < -0.39 is 6.23 Å². The van der Waals surface area contributed by atoms with Crippen LogP contribution < -0.4 is 4.90 Å². The Balaban J connectivity index is 1.55. The van der Waals surface area contributed by atoms with Crippen molar-refractivity contribution in [1.29, 1.82) is 0 Å². The van der Waals surface area contributed by atoms with Crippen LogP contribution in [0, 0.1) is 5.82 Å². The van der Waals surface area contributed by atoms with Gasteiger partial charge in [0, 0.05) is 55.0 Å². The van der Waals surface area contributed by atoms with E-state index in [4.69, 9.17) is 0 Å². The molecule has 0 aliphatic carbocycles. The minimum absolute atomic E-state index is 0.347. The molecule has 0 amide bonds. The number of nitrogens with zero attached hydrogens (tertiary/aromatic N) is 7. The van der Waals surface area contributed by atoms with Crippen molar-refractivity contribution < 1.29 is 9.50 Å². The molecule has 2 N–H and O–H groups in total. The van der Waals surface area contributed by atoms with Gasteiger partial charge >= 0.3 is 0 Å². The van der Waals surface area contributed by atoms with Crippen LogP contribution >= 0.6 is 0 Å². The van der Waals surface area contributed by atoms with Gasteiger partial charge in [-0.15, -0.1) is 0 Å². The summed E-state index contributed by atoms with van der Waals surface area (Å²) < 4.78 is 16.3. The molecule has 1 aliphatic heterocycles. The monoisotopic (exact) mass is 408 g/mol. The van der Waals surface area contributed by atoms with E-state index in [1.54, 1.807) is 30.2 Å². The van der Waals surface area contributed by atoms with Crippen LogP contribution in [0.1, 0.15) is 0 Å². The predicted octanol–water partition coefficient (Wildman–Crippen LogP) is 1.63. The van der Waals surface area contributed by atoms with Gasteiger partial charge in [-0.05, 0) is 13.1 Å². The van der Waals surface area contributed by atoms with Crippen LogP contribution in [0.4, 0.5) is 10.2 Å². The Labute approximate surface area is 171 Å². The van der Waals surface area contributed by atoms with Crippen molar-refractivity contribution in [2.24, 2.45) is 7.05 Å². The summed E-state index contributed by atoms with van der Waals surface area (Å²) in [6.45, 7) is 1.95. The van der Waals surface area contributed by atoms with Crippen LogP contribution in [0.5, 0.6) is 0 Å². The second kappa shape index (κ2) is 7.15. The number of hydrogen-bond donors (Lipinski definition) is 2. The molecule has 0 bridgehead atoms. The van der Waals surface area contributed by atoms with Crippen molar-refractivity contribution in [3.8, 4) is 22.5 Å². The number of aliphatic hydroxyl groups is 1. The third-order valence-corrected chi connectivity index (χ3v) is 5.50. The Morgan fingerprint density at radius 3 is 2.80 bits per heavy atom. The number of nitrogens with one attached hydrogen (secondary N) is 1. The van der Waals surface area contributed by atoms with Crippen LogP contribution in [0.15, 0.2) is 36.9 Å². The van der Waals surface area contributed by atoms with E-state index in [-0.39, 0.29) is 5.82 Å². The normalized spacial score (nSPS) is 17.7. The summed E-state index contributed by atoms with van der Waals surface area (Å²) >= 11 is 0. The molecule has 154 valence electrons. The molecule has 0 unspecified atom stereocenters. The van der Waals surface area contributed by atoms with Gasteiger partial charge < -0.3 is 10.0 Å². The number of fused-ring (bicyclic) bond motifs is 1. The fourth-order valence-electron chi connectivity index (χ4n) is 3.73. The number of benzene rings is 1. The lowest BCUT2D eigenvalue weighted by molar-refractivity contribution is 0.0151. The van der Waals surface area contributed by atoms with Crippen molar-refractivity contribution in [1.82, 2.24) is 34.8 Å². The number of aryl methyl sites for hydroxylation is 1. The van der Waals surface area contributed by atoms with E-state index in [0.717, 1.165) is 24.3 Å². The largest absolute Gasteiger partial charge is 0.377 e. The number of aromatic amines is 1. The Bertz CT molecular complexity index is 1220. The molecular weight excluding hydrogens is 387 g/mol. The highest BCUT2D eigenvalue weighted by Gasteiger charge is 2.24. The standard InChI is InChI=1S/C20H21FN8O/c1-27-3-4-29(10-19(27)30)18-7-17(22-11-23-18)20-14-5-13(12-8-24-28(2)9-12)15(21)6-16(14)25-26-20/h5-9,11,19,30H,3-4,10H2,1-2H3,(H,25,26)/t19-/m1/s1. The number of likely N-dealkylation sites (N-methyl/N-ethyl adjacent to an activating group) is 1. The van der Waals surface area contributed by atoms with Crippen molar-refractivity contribution >= 4 is 16.7 Å². The highest BCUT2D eigenvalue weighted by molar-refractivity contribution is 5.95. The van der Waals surface area contributed by atoms with E-state index in [2.05, 4.69) is 25.3 Å². The second-order valence-corrected chi connectivity index (χ2v) is 7.52. The minimum atomic E-state index is -0.548. The highest BCUT2D eigenvalue weighted by Crippen LogP contribution is 2.32. The molecule has 1 atom stereocenters. The van der Waals surface area contributed by atoms with Gasteiger partial charge in [-0.2, -0.15) is 10.2 Å². The molecule has 10 heteroatoms. The van der Waals surface area contributed by atoms with Gasteiger partial charge in [-0.1, -0.05) is 0 Å². The molecule has 4 heterocycles. The number of aromatic nitrogens is 6. The van der Waals surface area contributed by atoms with Gasteiger partial charge in [-0.3, -0.25) is 14.7 Å². The molecule has 0 saturated carbocycles. The smallest absolute Gasteiger partial charge is 0.133 e. The van der Waals surface area contributed by atoms with E-state index in [0.29, 0.717) is 34.6 Å². The van der Waals surface area contributed by atoms with Gasteiger partial charge in [0.1, 0.15) is 29.9 Å². The van der Waals surface area contributed by atoms with Crippen molar-refractivity contribution in [2.75, 3.05) is 31.6 Å². The lowest BCUT2D eigenvalue weighted by Crippen LogP contribution is -2.51. The molecule has 1 aliphatic rings. The van der Waals surface area contributed by atoms with Gasteiger partial charge in [0.05, 0.1) is 24.0 Å². The van der Waals surface area contributed by atoms with Crippen LogP contribution in [0.2, 0.25) is 0 Å². The fraction of sp³-hybridized carbons (Fsp3) is 0.300. The van der Waals surface area contributed by atoms with Gasteiger partial charge in [0.15, 0.2) is 0 Å². The Morgan fingerprint density at radius 1 is 1.17 bits per heavy atom. The molecular formula is C20H21FN8O. The molecule has 3 aromatic heterocycles. The first-order chi connectivity index (χ1) is 14.5. The molecule has 0 spiro atoms. The molecule has 9 nitrogen and oxygen atoms in total. The summed E-state index contributed by atoms with van der Waals surface area (Å²) in [5.74, 6) is 0.374. The number of halogens is 1. The summed E-state index contributed by atoms with van der Waals surface area (Å²) in [5, 5.41) is 22.3. The van der Waals surface area contributed by atoms with Gasteiger partial charge in [0.2, 0.25) is 0 Å².